The maximum atomic E-state index is 13.9. The number of esters is 1. The van der Waals surface area contributed by atoms with Gasteiger partial charge in [0, 0.05) is 33.1 Å². The van der Waals surface area contributed by atoms with Gasteiger partial charge in [-0.15, -0.1) is 0 Å². The molecule has 8 atom stereocenters. The lowest BCUT2D eigenvalue weighted by Crippen LogP contribution is -2.63. The second-order valence-corrected chi connectivity index (χ2v) is 13.1. The molecule has 1 aromatic rings. The Hall–Kier alpha value is -3.16. The van der Waals surface area contributed by atoms with Crippen molar-refractivity contribution in [2.45, 2.75) is 89.1 Å². The number of carbonyl (C=O) groups excluding carboxylic acids is 3. The zero-order valence-electron chi connectivity index (χ0n) is 27.4. The number of hydrogen-bond donors (Lipinski definition) is 3. The Balaban J connectivity index is 1.78. The number of fused-ring (bicyclic) bond motifs is 5. The summed E-state index contributed by atoms with van der Waals surface area (Å²) in [6.07, 6.45) is 1.26. The highest BCUT2D eigenvalue weighted by Gasteiger charge is 2.64. The van der Waals surface area contributed by atoms with Crippen LogP contribution >= 0.6 is 11.6 Å². The number of rotatable bonds is 6. The second-order valence-electron chi connectivity index (χ2n) is 12.8. The van der Waals surface area contributed by atoms with Crippen molar-refractivity contribution >= 4 is 35.3 Å². The maximum Gasteiger partial charge on any atom is 0.409 e. The van der Waals surface area contributed by atoms with Crippen LogP contribution in [0.3, 0.4) is 0 Å². The quantitative estimate of drug-likeness (QED) is 0.303. The van der Waals surface area contributed by atoms with Crippen LogP contribution < -0.4 is 15.0 Å². The molecule has 254 valence electrons. The smallest absolute Gasteiger partial charge is 0.409 e. The van der Waals surface area contributed by atoms with Crippen molar-refractivity contribution in [1.82, 2.24) is 5.32 Å². The van der Waals surface area contributed by atoms with Crippen molar-refractivity contribution in [2.75, 3.05) is 32.8 Å². The standard InChI is InChI=1S/C33H45ClN2O10/c1-18-9-8-10-25(43-7)33(41)16-24(44-31(40)35-33)20(3)30-32(4,46-30)26(45-28(39)12-19(2)17-37)15-27(38)36(5)22-13-21(11-18)14-23(42-6)29(22)34/h8-10,13-14,19-20,24-26,30,37,41H,11-12,15-17H2,1-7H3,(H,35,40). The molecule has 46 heavy (non-hydrogen) atoms. The molecule has 3 aliphatic heterocycles. The molecule has 4 bridgehead atoms. The van der Waals surface area contributed by atoms with E-state index in [1.165, 1.54) is 19.1 Å². The van der Waals surface area contributed by atoms with Gasteiger partial charge < -0.3 is 38.8 Å². The number of ether oxygens (including phenoxy) is 5. The molecule has 0 spiro atoms. The highest BCUT2D eigenvalue weighted by Crippen LogP contribution is 2.49. The predicted octanol–water partition coefficient (Wildman–Crippen LogP) is 3.69. The van der Waals surface area contributed by atoms with Crippen LogP contribution in [0.5, 0.6) is 5.75 Å². The van der Waals surface area contributed by atoms with Crippen LogP contribution in [0.1, 0.15) is 52.5 Å². The summed E-state index contributed by atoms with van der Waals surface area (Å²) in [6.45, 7) is 6.97. The van der Waals surface area contributed by atoms with Gasteiger partial charge in [-0.25, -0.2) is 4.79 Å². The van der Waals surface area contributed by atoms with Crippen LogP contribution in [0, 0.1) is 11.8 Å². The number of amides is 2. The number of methoxy groups -OCH3 is 2. The minimum Gasteiger partial charge on any atom is -0.495 e. The summed E-state index contributed by atoms with van der Waals surface area (Å²) >= 11 is 6.69. The van der Waals surface area contributed by atoms with Gasteiger partial charge in [0.25, 0.3) is 0 Å². The molecule has 3 aliphatic rings. The van der Waals surface area contributed by atoms with E-state index in [0.29, 0.717) is 17.9 Å². The Labute approximate surface area is 274 Å². The SMILES string of the molecule is COc1cc2cc(c1Cl)N(C)C(=O)CC(OC(=O)CC(C)CO)C1(C)OC1C(C)C1CC(O)(NC(=O)O1)C(OC)C=CC=C(C)C2. The Morgan fingerprint density at radius 1 is 1.28 bits per heavy atom. The van der Waals surface area contributed by atoms with Crippen molar-refractivity contribution in [3.05, 3.63) is 46.5 Å². The molecule has 0 radical (unpaired) electrons. The third kappa shape index (κ3) is 7.69. The average Bonchev–Trinajstić information content (AvgIpc) is 3.70. The molecule has 1 aromatic carbocycles. The number of nitrogens with zero attached hydrogens (tertiary/aromatic N) is 1. The fourth-order valence-electron chi connectivity index (χ4n) is 6.16. The zero-order valence-corrected chi connectivity index (χ0v) is 28.1. The zero-order chi connectivity index (χ0) is 34.0. The van der Waals surface area contributed by atoms with Crippen LogP contribution in [-0.4, -0.2) is 91.8 Å². The molecule has 13 heteroatoms. The third-order valence-electron chi connectivity index (χ3n) is 9.05. The first-order valence-electron chi connectivity index (χ1n) is 15.3. The summed E-state index contributed by atoms with van der Waals surface area (Å²) in [5.41, 5.74) is -0.737. The first kappa shape index (κ1) is 35.7. The lowest BCUT2D eigenvalue weighted by Gasteiger charge is -2.42. The van der Waals surface area contributed by atoms with E-state index in [2.05, 4.69) is 5.32 Å². The van der Waals surface area contributed by atoms with Crippen LogP contribution in [0.4, 0.5) is 10.5 Å². The Bertz CT molecular complexity index is 1380. The van der Waals surface area contributed by atoms with Gasteiger partial charge in [-0.1, -0.05) is 49.2 Å². The molecule has 2 fully saturated rings. The van der Waals surface area contributed by atoms with Crippen molar-refractivity contribution in [1.29, 1.82) is 0 Å². The van der Waals surface area contributed by atoms with Crippen molar-refractivity contribution in [2.24, 2.45) is 11.8 Å². The second kappa shape index (κ2) is 14.3. The molecular weight excluding hydrogens is 620 g/mol. The van der Waals surface area contributed by atoms with Gasteiger partial charge in [-0.2, -0.15) is 0 Å². The van der Waals surface area contributed by atoms with E-state index in [4.69, 9.17) is 35.3 Å². The summed E-state index contributed by atoms with van der Waals surface area (Å²) in [5.74, 6) is -1.42. The van der Waals surface area contributed by atoms with Gasteiger partial charge in [-0.05, 0) is 43.9 Å². The van der Waals surface area contributed by atoms with E-state index >= 15 is 0 Å². The summed E-state index contributed by atoms with van der Waals surface area (Å²) in [7, 11) is 4.52. The van der Waals surface area contributed by atoms with Crippen molar-refractivity contribution in [3.8, 4) is 5.75 Å². The van der Waals surface area contributed by atoms with E-state index < -0.39 is 59.6 Å². The monoisotopic (exact) mass is 664 g/mol. The van der Waals surface area contributed by atoms with Gasteiger partial charge in [0.2, 0.25) is 5.91 Å². The number of aliphatic hydroxyl groups is 2. The number of nitrogens with one attached hydrogen (secondary N) is 1. The molecule has 12 nitrogen and oxygen atoms in total. The summed E-state index contributed by atoms with van der Waals surface area (Å²) in [4.78, 5) is 40.9. The molecule has 0 aromatic heterocycles. The van der Waals surface area contributed by atoms with Gasteiger partial charge in [0.15, 0.2) is 5.72 Å². The Kier molecular flexibility index (Phi) is 11.1. The van der Waals surface area contributed by atoms with E-state index in [1.807, 2.05) is 19.9 Å². The number of benzene rings is 1. The van der Waals surface area contributed by atoms with Crippen molar-refractivity contribution < 1.29 is 48.3 Å². The lowest BCUT2D eigenvalue weighted by atomic mass is 9.83. The molecule has 3 heterocycles. The highest BCUT2D eigenvalue weighted by atomic mass is 35.5. The molecule has 2 amide bonds. The molecule has 8 unspecified atom stereocenters. The number of hydrogen-bond acceptors (Lipinski definition) is 10. The van der Waals surface area contributed by atoms with E-state index in [-0.39, 0.29) is 36.8 Å². The van der Waals surface area contributed by atoms with Crippen LogP contribution in [0.25, 0.3) is 0 Å². The number of halogens is 1. The number of allylic oxidation sites excluding steroid dienone is 3. The highest BCUT2D eigenvalue weighted by molar-refractivity contribution is 6.35. The minimum atomic E-state index is -1.79. The van der Waals surface area contributed by atoms with E-state index in [1.54, 1.807) is 45.2 Å². The molecule has 0 aliphatic carbocycles. The molecule has 4 rings (SSSR count). The van der Waals surface area contributed by atoms with Crippen LogP contribution in [-0.2, 0) is 35.0 Å². The van der Waals surface area contributed by atoms with Crippen LogP contribution in [0.2, 0.25) is 5.02 Å². The maximum absolute atomic E-state index is 13.9. The summed E-state index contributed by atoms with van der Waals surface area (Å²) < 4.78 is 28.8. The number of alkyl carbamates (subject to hydrolysis) is 1. The molecular formula is C33H45ClN2O10. The number of anilines is 1. The molecule has 2 saturated heterocycles. The first-order chi connectivity index (χ1) is 21.6. The Morgan fingerprint density at radius 3 is 2.65 bits per heavy atom. The normalized spacial score (nSPS) is 32.4. The average molecular weight is 665 g/mol. The fourth-order valence-corrected chi connectivity index (χ4v) is 6.47. The minimum absolute atomic E-state index is 0.0222. The molecule has 3 N–H and O–H groups in total. The van der Waals surface area contributed by atoms with Gasteiger partial charge in [0.05, 0.1) is 31.7 Å². The van der Waals surface area contributed by atoms with Crippen LogP contribution in [0.15, 0.2) is 35.9 Å². The van der Waals surface area contributed by atoms with E-state index in [0.717, 1.165) is 11.1 Å². The fraction of sp³-hybridized carbons (Fsp3) is 0.606. The summed E-state index contributed by atoms with van der Waals surface area (Å²) in [5, 5.41) is 23.8. The topological polar surface area (TPSA) is 156 Å². The lowest BCUT2D eigenvalue weighted by molar-refractivity contribution is -0.155. The van der Waals surface area contributed by atoms with Gasteiger partial charge in [0.1, 0.15) is 34.7 Å². The predicted molar refractivity (Wildman–Crippen MR) is 170 cm³/mol. The summed E-state index contributed by atoms with van der Waals surface area (Å²) in [6, 6.07) is 3.60. The largest absolute Gasteiger partial charge is 0.495 e. The number of epoxide rings is 1. The number of carbonyl (C=O) groups is 3. The van der Waals surface area contributed by atoms with Gasteiger partial charge in [-0.3, -0.25) is 14.9 Å². The van der Waals surface area contributed by atoms with Gasteiger partial charge >= 0.3 is 12.1 Å². The first-order valence-corrected chi connectivity index (χ1v) is 15.7. The molecule has 0 saturated carbocycles. The number of aliphatic hydroxyl groups excluding tert-OH is 1. The third-order valence-corrected chi connectivity index (χ3v) is 9.43. The van der Waals surface area contributed by atoms with Crippen molar-refractivity contribution in [3.63, 3.8) is 0 Å². The Morgan fingerprint density at radius 2 is 2.00 bits per heavy atom. The van der Waals surface area contributed by atoms with E-state index in [9.17, 15) is 24.6 Å².